The Morgan fingerprint density at radius 1 is 1.21 bits per heavy atom. The summed E-state index contributed by atoms with van der Waals surface area (Å²) in [6, 6.07) is 12.0. The maximum absolute atomic E-state index is 9.17. The zero-order chi connectivity index (χ0) is 16.4. The number of rotatable bonds is 2. The number of nitrogens with one attached hydrogen (secondary N) is 1. The molecule has 0 atom stereocenters. The molecule has 1 saturated heterocycles. The zero-order valence-corrected chi connectivity index (χ0v) is 13.3. The molecule has 3 aromatic rings. The zero-order valence-electron chi connectivity index (χ0n) is 13.3. The summed E-state index contributed by atoms with van der Waals surface area (Å²) >= 11 is 0. The Kier molecular flexibility index (Phi) is 3.89. The molecule has 0 spiro atoms. The maximum Gasteiger partial charge on any atom is 0.139 e. The first-order valence-electron chi connectivity index (χ1n) is 8.16. The van der Waals surface area contributed by atoms with Crippen molar-refractivity contribution in [3.05, 3.63) is 48.3 Å². The molecule has 3 heterocycles. The van der Waals surface area contributed by atoms with Gasteiger partial charge in [-0.05, 0) is 30.2 Å². The Balaban J connectivity index is 1.86. The molecule has 24 heavy (non-hydrogen) atoms. The number of aromatic amines is 1. The Labute approximate surface area is 140 Å². The van der Waals surface area contributed by atoms with Gasteiger partial charge < -0.3 is 14.6 Å². The molecule has 0 saturated carbocycles. The van der Waals surface area contributed by atoms with Gasteiger partial charge in [0.25, 0.3) is 0 Å². The van der Waals surface area contributed by atoms with Crippen molar-refractivity contribution in [2.24, 2.45) is 0 Å². The first-order chi connectivity index (χ1) is 11.9. The van der Waals surface area contributed by atoms with Gasteiger partial charge in [-0.2, -0.15) is 5.26 Å². The number of pyridine rings is 1. The summed E-state index contributed by atoms with van der Waals surface area (Å²) in [4.78, 5) is 10.1. The van der Waals surface area contributed by atoms with E-state index < -0.39 is 0 Å². The van der Waals surface area contributed by atoms with E-state index in [1.807, 2.05) is 36.7 Å². The van der Waals surface area contributed by atoms with Gasteiger partial charge in [-0.1, -0.05) is 12.1 Å². The quantitative estimate of drug-likeness (QED) is 0.787. The first kappa shape index (κ1) is 14.7. The summed E-state index contributed by atoms with van der Waals surface area (Å²) in [5, 5.41) is 10.3. The fourth-order valence-corrected chi connectivity index (χ4v) is 3.27. The smallest absolute Gasteiger partial charge is 0.139 e. The van der Waals surface area contributed by atoms with Crippen LogP contribution in [0.2, 0.25) is 0 Å². The van der Waals surface area contributed by atoms with Gasteiger partial charge in [0.2, 0.25) is 0 Å². The molecule has 0 amide bonds. The van der Waals surface area contributed by atoms with Gasteiger partial charge in [0.15, 0.2) is 0 Å². The van der Waals surface area contributed by atoms with E-state index in [0.717, 1.165) is 54.9 Å². The fourth-order valence-electron chi connectivity index (χ4n) is 3.27. The average molecular weight is 318 g/mol. The van der Waals surface area contributed by atoms with Crippen molar-refractivity contribution in [2.45, 2.75) is 6.42 Å². The largest absolute Gasteiger partial charge is 0.380 e. The number of benzene rings is 1. The Bertz CT molecular complexity index is 901. The summed E-state index contributed by atoms with van der Waals surface area (Å²) in [6.45, 7) is 3.41. The van der Waals surface area contributed by atoms with Crippen LogP contribution in [-0.2, 0) is 4.74 Å². The lowest BCUT2D eigenvalue weighted by molar-refractivity contribution is 0.152. The molecule has 0 radical (unpaired) electrons. The highest BCUT2D eigenvalue weighted by atomic mass is 16.5. The van der Waals surface area contributed by atoms with Crippen LogP contribution in [0.25, 0.3) is 22.2 Å². The normalized spacial score (nSPS) is 15.2. The molecule has 1 fully saturated rings. The van der Waals surface area contributed by atoms with Gasteiger partial charge in [-0.25, -0.2) is 4.98 Å². The average Bonchev–Trinajstić information content (AvgIpc) is 2.88. The fraction of sp³-hybridized carbons (Fsp3) is 0.263. The number of hydrogen-bond donors (Lipinski definition) is 1. The molecule has 5 heteroatoms. The molecule has 4 rings (SSSR count). The highest BCUT2D eigenvalue weighted by Crippen LogP contribution is 2.35. The van der Waals surface area contributed by atoms with Crippen LogP contribution >= 0.6 is 0 Å². The van der Waals surface area contributed by atoms with Crippen molar-refractivity contribution in [3.63, 3.8) is 0 Å². The Hall–Kier alpha value is -2.84. The molecule has 1 aromatic carbocycles. The van der Waals surface area contributed by atoms with Crippen LogP contribution < -0.4 is 4.90 Å². The molecular formula is C19H18N4O. The van der Waals surface area contributed by atoms with E-state index >= 15 is 0 Å². The monoisotopic (exact) mass is 318 g/mol. The minimum atomic E-state index is 0.662. The van der Waals surface area contributed by atoms with Crippen LogP contribution in [0.3, 0.4) is 0 Å². The standard InChI is InChI=1S/C19H18N4O/c20-12-14-3-1-4-15(11-14)16-13-22-19-18(16)17(5-6-21-19)23-7-2-9-24-10-8-23/h1,3-6,11,13H,2,7-10H2,(H,21,22). The molecular weight excluding hydrogens is 300 g/mol. The van der Waals surface area contributed by atoms with Gasteiger partial charge in [0.05, 0.1) is 23.9 Å². The molecule has 0 unspecified atom stereocenters. The number of nitrogens with zero attached hydrogens (tertiary/aromatic N) is 3. The SMILES string of the molecule is N#Cc1cccc(-c2c[nH]c3nccc(N4CCCOCC4)c23)c1. The maximum atomic E-state index is 9.17. The van der Waals surface area contributed by atoms with Crippen molar-refractivity contribution >= 4 is 16.7 Å². The number of nitriles is 1. The van der Waals surface area contributed by atoms with E-state index in [9.17, 15) is 5.26 Å². The Morgan fingerprint density at radius 2 is 2.17 bits per heavy atom. The van der Waals surface area contributed by atoms with Gasteiger partial charge >= 0.3 is 0 Å². The van der Waals surface area contributed by atoms with E-state index in [2.05, 4.69) is 27.0 Å². The number of hydrogen-bond acceptors (Lipinski definition) is 4. The van der Waals surface area contributed by atoms with E-state index in [1.165, 1.54) is 5.69 Å². The number of aromatic nitrogens is 2. The van der Waals surface area contributed by atoms with Crippen molar-refractivity contribution in [1.29, 1.82) is 5.26 Å². The van der Waals surface area contributed by atoms with Crippen LogP contribution in [0.1, 0.15) is 12.0 Å². The second-order valence-electron chi connectivity index (χ2n) is 5.90. The van der Waals surface area contributed by atoms with Gasteiger partial charge in [0.1, 0.15) is 5.65 Å². The van der Waals surface area contributed by atoms with E-state index in [0.29, 0.717) is 5.56 Å². The highest BCUT2D eigenvalue weighted by Gasteiger charge is 2.17. The van der Waals surface area contributed by atoms with Crippen LogP contribution in [0.5, 0.6) is 0 Å². The minimum absolute atomic E-state index is 0.662. The minimum Gasteiger partial charge on any atom is -0.380 e. The lowest BCUT2D eigenvalue weighted by Crippen LogP contribution is -2.26. The highest BCUT2D eigenvalue weighted by molar-refractivity contribution is 6.02. The second-order valence-corrected chi connectivity index (χ2v) is 5.90. The van der Waals surface area contributed by atoms with E-state index in [-0.39, 0.29) is 0 Å². The molecule has 2 aromatic heterocycles. The number of H-pyrrole nitrogens is 1. The van der Waals surface area contributed by atoms with Crippen molar-refractivity contribution in [1.82, 2.24) is 9.97 Å². The first-order valence-corrected chi connectivity index (χ1v) is 8.16. The van der Waals surface area contributed by atoms with Crippen molar-refractivity contribution < 1.29 is 4.74 Å². The summed E-state index contributed by atoms with van der Waals surface area (Å²) in [5.74, 6) is 0. The van der Waals surface area contributed by atoms with Gasteiger partial charge in [-0.15, -0.1) is 0 Å². The molecule has 120 valence electrons. The summed E-state index contributed by atoms with van der Waals surface area (Å²) in [5.41, 5.74) is 4.81. The second kappa shape index (κ2) is 6.34. The van der Waals surface area contributed by atoms with Crippen LogP contribution in [0, 0.1) is 11.3 Å². The molecule has 0 aliphatic carbocycles. The number of anilines is 1. The van der Waals surface area contributed by atoms with Crippen LogP contribution in [0.4, 0.5) is 5.69 Å². The van der Waals surface area contributed by atoms with Crippen LogP contribution in [0.15, 0.2) is 42.7 Å². The number of ether oxygens (including phenoxy) is 1. The lowest BCUT2D eigenvalue weighted by Gasteiger charge is -2.23. The molecule has 1 N–H and O–H groups in total. The predicted molar refractivity (Wildman–Crippen MR) is 93.9 cm³/mol. The molecule has 1 aliphatic heterocycles. The van der Waals surface area contributed by atoms with Crippen molar-refractivity contribution in [3.8, 4) is 17.2 Å². The van der Waals surface area contributed by atoms with Gasteiger partial charge in [0, 0.05) is 43.0 Å². The summed E-state index contributed by atoms with van der Waals surface area (Å²) in [6.07, 6.45) is 4.84. The number of fused-ring (bicyclic) bond motifs is 1. The third kappa shape index (κ3) is 2.61. The topological polar surface area (TPSA) is 64.9 Å². The lowest BCUT2D eigenvalue weighted by atomic mass is 10.0. The predicted octanol–water partition coefficient (Wildman–Crippen LogP) is 3.33. The Morgan fingerprint density at radius 3 is 3.08 bits per heavy atom. The molecule has 5 nitrogen and oxygen atoms in total. The summed E-state index contributed by atoms with van der Waals surface area (Å²) in [7, 11) is 0. The van der Waals surface area contributed by atoms with Crippen molar-refractivity contribution in [2.75, 3.05) is 31.2 Å². The van der Waals surface area contributed by atoms with E-state index in [4.69, 9.17) is 4.74 Å². The molecule has 1 aliphatic rings. The third-order valence-electron chi connectivity index (χ3n) is 4.42. The third-order valence-corrected chi connectivity index (χ3v) is 4.42. The molecule has 0 bridgehead atoms. The van der Waals surface area contributed by atoms with Crippen LogP contribution in [-0.4, -0.2) is 36.3 Å². The summed E-state index contributed by atoms with van der Waals surface area (Å²) < 4.78 is 5.58. The van der Waals surface area contributed by atoms with Gasteiger partial charge in [-0.3, -0.25) is 0 Å². The van der Waals surface area contributed by atoms with E-state index in [1.54, 1.807) is 0 Å².